The average molecular weight is 312 g/mol. The first-order valence-electron chi connectivity index (χ1n) is 8.12. The van der Waals surface area contributed by atoms with Gasteiger partial charge in [0.25, 0.3) is 0 Å². The average Bonchev–Trinajstić information content (AvgIpc) is 2.47. The number of fused-ring (bicyclic) bond motifs is 1. The Morgan fingerprint density at radius 3 is 2.41 bits per heavy atom. The van der Waals surface area contributed by atoms with Crippen LogP contribution in [0.4, 0.5) is 13.2 Å². The standard InChI is InChI=1S/C17H23F3N2/c18-17(19,20)13-22-9-6-15-10-14(4-5-16(15)12-22)11-21-7-2-1-3-8-21/h4-5,10H,1-3,6-9,11-13H2. The van der Waals surface area contributed by atoms with Crippen molar-refractivity contribution >= 4 is 0 Å². The van der Waals surface area contributed by atoms with Crippen molar-refractivity contribution in [2.24, 2.45) is 0 Å². The van der Waals surface area contributed by atoms with Crippen molar-refractivity contribution < 1.29 is 13.2 Å². The van der Waals surface area contributed by atoms with Crippen LogP contribution < -0.4 is 0 Å². The Labute approximate surface area is 129 Å². The van der Waals surface area contributed by atoms with Crippen LogP contribution in [0.1, 0.15) is 36.0 Å². The fourth-order valence-electron chi connectivity index (χ4n) is 3.53. The highest BCUT2D eigenvalue weighted by molar-refractivity contribution is 5.34. The summed E-state index contributed by atoms with van der Waals surface area (Å²) in [6.07, 6.45) is 0.495. The maximum absolute atomic E-state index is 12.5. The van der Waals surface area contributed by atoms with Gasteiger partial charge >= 0.3 is 6.18 Å². The van der Waals surface area contributed by atoms with E-state index in [9.17, 15) is 13.2 Å². The molecule has 0 atom stereocenters. The van der Waals surface area contributed by atoms with Gasteiger partial charge in [0.1, 0.15) is 0 Å². The third-order valence-electron chi connectivity index (χ3n) is 4.62. The van der Waals surface area contributed by atoms with Crippen LogP contribution >= 0.6 is 0 Å². The molecule has 2 nitrogen and oxygen atoms in total. The van der Waals surface area contributed by atoms with E-state index in [1.165, 1.54) is 35.3 Å². The monoisotopic (exact) mass is 312 g/mol. The lowest BCUT2D eigenvalue weighted by Gasteiger charge is -2.30. The second-order valence-corrected chi connectivity index (χ2v) is 6.52. The summed E-state index contributed by atoms with van der Waals surface area (Å²) >= 11 is 0. The van der Waals surface area contributed by atoms with Crippen molar-refractivity contribution in [2.75, 3.05) is 26.2 Å². The number of benzene rings is 1. The molecule has 0 saturated carbocycles. The topological polar surface area (TPSA) is 6.48 Å². The highest BCUT2D eigenvalue weighted by Crippen LogP contribution is 2.25. The Kier molecular flexibility index (Phi) is 4.73. The number of likely N-dealkylation sites (tertiary alicyclic amines) is 1. The van der Waals surface area contributed by atoms with Crippen LogP contribution in [0.2, 0.25) is 0 Å². The summed E-state index contributed by atoms with van der Waals surface area (Å²) in [4.78, 5) is 3.97. The predicted octanol–water partition coefficient (Wildman–Crippen LogP) is 3.59. The summed E-state index contributed by atoms with van der Waals surface area (Å²) in [6.45, 7) is 3.41. The van der Waals surface area contributed by atoms with Crippen molar-refractivity contribution in [2.45, 2.75) is 44.9 Å². The molecule has 122 valence electrons. The Hall–Kier alpha value is -1.07. The van der Waals surface area contributed by atoms with Gasteiger partial charge in [-0.1, -0.05) is 24.6 Å². The molecule has 3 rings (SSSR count). The zero-order valence-corrected chi connectivity index (χ0v) is 12.8. The SMILES string of the molecule is FC(F)(F)CN1CCc2cc(CN3CCCCC3)ccc2C1. The zero-order chi connectivity index (χ0) is 15.6. The molecule has 0 amide bonds. The lowest BCUT2D eigenvalue weighted by Crippen LogP contribution is -2.38. The molecule has 2 heterocycles. The van der Waals surface area contributed by atoms with Crippen LogP contribution in [0.25, 0.3) is 0 Å². The molecule has 2 aliphatic heterocycles. The number of rotatable bonds is 3. The highest BCUT2D eigenvalue weighted by atomic mass is 19.4. The Morgan fingerprint density at radius 2 is 1.68 bits per heavy atom. The quantitative estimate of drug-likeness (QED) is 0.841. The van der Waals surface area contributed by atoms with Gasteiger partial charge in [0.15, 0.2) is 0 Å². The largest absolute Gasteiger partial charge is 0.401 e. The number of hydrogen-bond acceptors (Lipinski definition) is 2. The summed E-state index contributed by atoms with van der Waals surface area (Å²) in [6, 6.07) is 6.32. The third kappa shape index (κ3) is 4.23. The smallest absolute Gasteiger partial charge is 0.299 e. The second kappa shape index (κ2) is 6.59. The first-order valence-corrected chi connectivity index (χ1v) is 8.12. The van der Waals surface area contributed by atoms with Gasteiger partial charge in [-0.2, -0.15) is 13.2 Å². The van der Waals surface area contributed by atoms with Gasteiger partial charge in [-0.25, -0.2) is 0 Å². The van der Waals surface area contributed by atoms with Crippen molar-refractivity contribution in [3.05, 3.63) is 34.9 Å². The Morgan fingerprint density at radius 1 is 0.909 bits per heavy atom. The van der Waals surface area contributed by atoms with Gasteiger partial charge in [0.2, 0.25) is 0 Å². The molecule has 0 N–H and O–H groups in total. The Bertz CT molecular complexity index is 507. The molecule has 1 aromatic rings. The van der Waals surface area contributed by atoms with E-state index in [1.807, 2.05) is 6.07 Å². The Balaban J connectivity index is 1.62. The van der Waals surface area contributed by atoms with Gasteiger partial charge in [0, 0.05) is 19.6 Å². The van der Waals surface area contributed by atoms with E-state index < -0.39 is 12.7 Å². The minimum Gasteiger partial charge on any atom is -0.299 e. The molecule has 1 aromatic carbocycles. The molecular weight excluding hydrogens is 289 g/mol. The van der Waals surface area contributed by atoms with Crippen LogP contribution in [0, 0.1) is 0 Å². The van der Waals surface area contributed by atoms with E-state index in [4.69, 9.17) is 0 Å². The van der Waals surface area contributed by atoms with Gasteiger partial charge in [-0.15, -0.1) is 0 Å². The molecule has 0 radical (unpaired) electrons. The number of nitrogens with zero attached hydrogens (tertiary/aromatic N) is 2. The highest BCUT2D eigenvalue weighted by Gasteiger charge is 2.32. The van der Waals surface area contributed by atoms with Gasteiger partial charge in [-0.3, -0.25) is 9.80 Å². The number of alkyl halides is 3. The van der Waals surface area contributed by atoms with Gasteiger partial charge in [-0.05, 0) is 49.0 Å². The van der Waals surface area contributed by atoms with Crippen molar-refractivity contribution in [3.8, 4) is 0 Å². The maximum atomic E-state index is 12.5. The normalized spacial score (nSPS) is 20.9. The summed E-state index contributed by atoms with van der Waals surface area (Å²) in [5.74, 6) is 0. The molecule has 0 aromatic heterocycles. The van der Waals surface area contributed by atoms with Crippen LogP contribution in [0.3, 0.4) is 0 Å². The molecule has 0 unspecified atom stereocenters. The number of piperidine rings is 1. The molecule has 2 aliphatic rings. The van der Waals surface area contributed by atoms with Gasteiger partial charge < -0.3 is 0 Å². The molecule has 0 aliphatic carbocycles. The number of hydrogen-bond donors (Lipinski definition) is 0. The lowest BCUT2D eigenvalue weighted by atomic mass is 9.97. The molecule has 5 heteroatoms. The summed E-state index contributed by atoms with van der Waals surface area (Å²) in [5.41, 5.74) is 3.58. The zero-order valence-electron chi connectivity index (χ0n) is 12.8. The van der Waals surface area contributed by atoms with Crippen LogP contribution in [-0.2, 0) is 19.5 Å². The predicted molar refractivity (Wildman–Crippen MR) is 80.6 cm³/mol. The molecule has 0 spiro atoms. The first kappa shape index (κ1) is 15.8. The fraction of sp³-hybridized carbons (Fsp3) is 0.647. The minimum atomic E-state index is -4.11. The molecule has 1 saturated heterocycles. The van der Waals surface area contributed by atoms with E-state index in [0.717, 1.165) is 31.6 Å². The maximum Gasteiger partial charge on any atom is 0.401 e. The van der Waals surface area contributed by atoms with Crippen molar-refractivity contribution in [1.29, 1.82) is 0 Å². The molecule has 1 fully saturated rings. The van der Waals surface area contributed by atoms with Crippen LogP contribution in [-0.4, -0.2) is 42.2 Å². The number of halogens is 3. The van der Waals surface area contributed by atoms with E-state index in [2.05, 4.69) is 17.0 Å². The minimum absolute atomic E-state index is 0.416. The van der Waals surface area contributed by atoms with E-state index in [0.29, 0.717) is 13.1 Å². The molecular formula is C17H23F3N2. The van der Waals surface area contributed by atoms with Crippen LogP contribution in [0.5, 0.6) is 0 Å². The van der Waals surface area contributed by atoms with Crippen LogP contribution in [0.15, 0.2) is 18.2 Å². The second-order valence-electron chi connectivity index (χ2n) is 6.52. The summed E-state index contributed by atoms with van der Waals surface area (Å²) in [7, 11) is 0. The van der Waals surface area contributed by atoms with Crippen molar-refractivity contribution in [3.63, 3.8) is 0 Å². The summed E-state index contributed by atoms with van der Waals surface area (Å²) < 4.78 is 37.5. The summed E-state index contributed by atoms with van der Waals surface area (Å²) in [5, 5.41) is 0. The van der Waals surface area contributed by atoms with E-state index in [1.54, 1.807) is 0 Å². The van der Waals surface area contributed by atoms with Gasteiger partial charge in [0.05, 0.1) is 6.54 Å². The third-order valence-corrected chi connectivity index (χ3v) is 4.62. The van der Waals surface area contributed by atoms with Crippen molar-refractivity contribution in [1.82, 2.24) is 9.80 Å². The lowest BCUT2D eigenvalue weighted by molar-refractivity contribution is -0.147. The molecule has 0 bridgehead atoms. The first-order chi connectivity index (χ1) is 10.5. The van der Waals surface area contributed by atoms with E-state index >= 15 is 0 Å². The molecule has 22 heavy (non-hydrogen) atoms. The van der Waals surface area contributed by atoms with E-state index in [-0.39, 0.29) is 0 Å². The fourth-order valence-corrected chi connectivity index (χ4v) is 3.53.